The van der Waals surface area contributed by atoms with Crippen molar-refractivity contribution >= 4 is 11.8 Å². The van der Waals surface area contributed by atoms with Crippen molar-refractivity contribution in [2.24, 2.45) is 0 Å². The summed E-state index contributed by atoms with van der Waals surface area (Å²) >= 11 is 1.90. The molecule has 1 saturated heterocycles. The van der Waals surface area contributed by atoms with E-state index in [9.17, 15) is 8.78 Å². The molecular formula is C10H12F2N2S. The van der Waals surface area contributed by atoms with E-state index in [1.54, 1.807) is 0 Å². The fourth-order valence-electron chi connectivity index (χ4n) is 1.53. The lowest BCUT2D eigenvalue weighted by molar-refractivity contribution is 0.285. The van der Waals surface area contributed by atoms with Crippen LogP contribution in [-0.4, -0.2) is 34.5 Å². The molecule has 1 aliphatic heterocycles. The van der Waals surface area contributed by atoms with Crippen LogP contribution >= 0.6 is 11.8 Å². The van der Waals surface area contributed by atoms with Gasteiger partial charge in [-0.25, -0.2) is 8.78 Å². The Hall–Kier alpha value is -0.680. The Morgan fingerprint density at radius 1 is 1.33 bits per heavy atom. The summed E-state index contributed by atoms with van der Waals surface area (Å²) in [4.78, 5) is 5.91. The molecular weight excluding hydrogens is 218 g/mol. The van der Waals surface area contributed by atoms with Crippen LogP contribution in [0.5, 0.6) is 0 Å². The first-order valence-electron chi connectivity index (χ1n) is 4.86. The van der Waals surface area contributed by atoms with E-state index in [0.717, 1.165) is 36.9 Å². The quantitative estimate of drug-likeness (QED) is 0.772. The van der Waals surface area contributed by atoms with Gasteiger partial charge < -0.3 is 0 Å². The zero-order chi connectivity index (χ0) is 10.7. The maximum atomic E-state index is 13.3. The van der Waals surface area contributed by atoms with Gasteiger partial charge in [0.1, 0.15) is 11.6 Å². The number of rotatable bonds is 2. The molecule has 82 valence electrons. The summed E-state index contributed by atoms with van der Waals surface area (Å²) in [6.45, 7) is 2.37. The van der Waals surface area contributed by atoms with Crippen LogP contribution in [0.15, 0.2) is 12.3 Å². The molecule has 5 heteroatoms. The number of hydrogen-bond acceptors (Lipinski definition) is 3. The molecule has 15 heavy (non-hydrogen) atoms. The Morgan fingerprint density at radius 3 is 2.73 bits per heavy atom. The van der Waals surface area contributed by atoms with Crippen molar-refractivity contribution in [3.63, 3.8) is 0 Å². The van der Waals surface area contributed by atoms with Crippen LogP contribution in [0.1, 0.15) is 5.69 Å². The highest BCUT2D eigenvalue weighted by Gasteiger charge is 2.14. The number of halogens is 2. The van der Waals surface area contributed by atoms with E-state index in [-0.39, 0.29) is 0 Å². The fraction of sp³-hybridized carbons (Fsp3) is 0.500. The summed E-state index contributed by atoms with van der Waals surface area (Å²) in [5.74, 6) is 0.977. The van der Waals surface area contributed by atoms with E-state index in [1.807, 2.05) is 11.8 Å². The number of aromatic nitrogens is 1. The molecule has 2 rings (SSSR count). The summed E-state index contributed by atoms with van der Waals surface area (Å²) in [5.41, 5.74) is 0.336. The zero-order valence-corrected chi connectivity index (χ0v) is 9.07. The van der Waals surface area contributed by atoms with Gasteiger partial charge in [0.15, 0.2) is 0 Å². The van der Waals surface area contributed by atoms with Gasteiger partial charge in [-0.05, 0) is 0 Å². The monoisotopic (exact) mass is 230 g/mol. The molecule has 0 radical (unpaired) electrons. The predicted octanol–water partition coefficient (Wildman–Crippen LogP) is 1.91. The molecule has 0 bridgehead atoms. The molecule has 2 heterocycles. The highest BCUT2D eigenvalue weighted by molar-refractivity contribution is 7.99. The Balaban J connectivity index is 2.03. The van der Waals surface area contributed by atoms with Crippen molar-refractivity contribution in [2.45, 2.75) is 6.54 Å². The van der Waals surface area contributed by atoms with Gasteiger partial charge >= 0.3 is 0 Å². The topological polar surface area (TPSA) is 16.1 Å². The summed E-state index contributed by atoms with van der Waals surface area (Å²) < 4.78 is 25.9. The maximum Gasteiger partial charge on any atom is 0.148 e. The average molecular weight is 230 g/mol. The lowest BCUT2D eigenvalue weighted by atomic mass is 10.3. The van der Waals surface area contributed by atoms with Crippen LogP contribution in [0.4, 0.5) is 8.78 Å². The molecule has 1 fully saturated rings. The standard InChI is InChI=1S/C10H12F2N2S/c11-8-5-9(12)10(13-6-8)7-14-1-3-15-4-2-14/h5-6H,1-4,7H2. The summed E-state index contributed by atoms with van der Waals surface area (Å²) in [6.07, 6.45) is 1.07. The zero-order valence-electron chi connectivity index (χ0n) is 8.25. The van der Waals surface area contributed by atoms with Gasteiger partial charge in [-0.1, -0.05) is 0 Å². The van der Waals surface area contributed by atoms with E-state index in [4.69, 9.17) is 0 Å². The van der Waals surface area contributed by atoms with Crippen LogP contribution in [-0.2, 0) is 6.54 Å². The molecule has 0 N–H and O–H groups in total. The lowest BCUT2D eigenvalue weighted by Gasteiger charge is -2.25. The summed E-state index contributed by atoms with van der Waals surface area (Å²) in [7, 11) is 0. The number of thioether (sulfide) groups is 1. The van der Waals surface area contributed by atoms with Crippen LogP contribution in [0.25, 0.3) is 0 Å². The van der Waals surface area contributed by atoms with E-state index in [1.165, 1.54) is 0 Å². The molecule has 0 spiro atoms. The maximum absolute atomic E-state index is 13.3. The molecule has 1 aromatic rings. The van der Waals surface area contributed by atoms with Gasteiger partial charge in [0.25, 0.3) is 0 Å². The Labute approximate surface area is 91.7 Å². The predicted molar refractivity (Wildman–Crippen MR) is 56.8 cm³/mol. The summed E-state index contributed by atoms with van der Waals surface area (Å²) in [6, 6.07) is 0.890. The normalized spacial score (nSPS) is 18.0. The van der Waals surface area contributed by atoms with Crippen LogP contribution in [0, 0.1) is 11.6 Å². The van der Waals surface area contributed by atoms with Gasteiger partial charge in [0, 0.05) is 37.2 Å². The lowest BCUT2D eigenvalue weighted by Crippen LogP contribution is -2.32. The highest BCUT2D eigenvalue weighted by atomic mass is 32.2. The van der Waals surface area contributed by atoms with Crippen LogP contribution < -0.4 is 0 Å². The molecule has 1 aromatic heterocycles. The van der Waals surface area contributed by atoms with E-state index < -0.39 is 11.6 Å². The first kappa shape index (κ1) is 10.8. The van der Waals surface area contributed by atoms with Crippen LogP contribution in [0.3, 0.4) is 0 Å². The smallest absolute Gasteiger partial charge is 0.148 e. The average Bonchev–Trinajstić information content (AvgIpc) is 2.24. The van der Waals surface area contributed by atoms with Gasteiger partial charge in [-0.3, -0.25) is 9.88 Å². The second-order valence-corrected chi connectivity index (χ2v) is 4.70. The number of nitrogens with zero attached hydrogens (tertiary/aromatic N) is 2. The third kappa shape index (κ3) is 2.89. The molecule has 0 aliphatic carbocycles. The largest absolute Gasteiger partial charge is 0.296 e. The van der Waals surface area contributed by atoms with E-state index in [2.05, 4.69) is 9.88 Å². The fourth-order valence-corrected chi connectivity index (χ4v) is 2.51. The third-order valence-electron chi connectivity index (χ3n) is 2.36. The summed E-state index contributed by atoms with van der Waals surface area (Å²) in [5, 5.41) is 0. The van der Waals surface area contributed by atoms with Crippen molar-refractivity contribution in [3.05, 3.63) is 29.6 Å². The van der Waals surface area contributed by atoms with Crippen molar-refractivity contribution in [3.8, 4) is 0 Å². The van der Waals surface area contributed by atoms with E-state index >= 15 is 0 Å². The van der Waals surface area contributed by atoms with Crippen molar-refractivity contribution in [2.75, 3.05) is 24.6 Å². The minimum atomic E-state index is -0.620. The highest BCUT2D eigenvalue weighted by Crippen LogP contribution is 2.14. The SMILES string of the molecule is Fc1cnc(CN2CCSCC2)c(F)c1. The van der Waals surface area contributed by atoms with Gasteiger partial charge in [0.05, 0.1) is 11.9 Å². The Bertz CT molecular complexity index is 340. The molecule has 0 amide bonds. The van der Waals surface area contributed by atoms with Crippen molar-refractivity contribution < 1.29 is 8.78 Å². The minimum Gasteiger partial charge on any atom is -0.296 e. The molecule has 0 atom stereocenters. The molecule has 0 saturated carbocycles. The second kappa shape index (κ2) is 4.90. The molecule has 1 aliphatic rings. The van der Waals surface area contributed by atoms with Crippen molar-refractivity contribution in [1.82, 2.24) is 9.88 Å². The molecule has 0 unspecified atom stereocenters. The van der Waals surface area contributed by atoms with Gasteiger partial charge in [0.2, 0.25) is 0 Å². The number of pyridine rings is 1. The first-order valence-corrected chi connectivity index (χ1v) is 6.01. The van der Waals surface area contributed by atoms with E-state index in [0.29, 0.717) is 12.2 Å². The molecule has 2 nitrogen and oxygen atoms in total. The molecule has 0 aromatic carbocycles. The number of hydrogen-bond donors (Lipinski definition) is 0. The minimum absolute atomic E-state index is 0.336. The Kier molecular flexibility index (Phi) is 3.53. The van der Waals surface area contributed by atoms with Gasteiger partial charge in [-0.2, -0.15) is 11.8 Å². The Morgan fingerprint density at radius 2 is 2.07 bits per heavy atom. The van der Waals surface area contributed by atoms with Crippen molar-refractivity contribution in [1.29, 1.82) is 0 Å². The van der Waals surface area contributed by atoms with Gasteiger partial charge in [-0.15, -0.1) is 0 Å². The van der Waals surface area contributed by atoms with Crippen LogP contribution in [0.2, 0.25) is 0 Å². The second-order valence-electron chi connectivity index (χ2n) is 3.47. The first-order chi connectivity index (χ1) is 7.25. The third-order valence-corrected chi connectivity index (χ3v) is 3.30.